The van der Waals surface area contributed by atoms with Gasteiger partial charge >= 0.3 is 5.97 Å². The van der Waals surface area contributed by atoms with Gasteiger partial charge in [0.05, 0.1) is 11.6 Å². The molecule has 1 aromatic rings. The number of likely N-dealkylation sites (tertiary alicyclic amines) is 1. The molecule has 1 N–H and O–H groups in total. The lowest BCUT2D eigenvalue weighted by atomic mass is 9.87. The molecule has 0 aliphatic carbocycles. The van der Waals surface area contributed by atoms with Crippen molar-refractivity contribution in [1.29, 1.82) is 5.26 Å². The number of carbonyl (C=O) groups is 1. The molecule has 0 saturated carbocycles. The van der Waals surface area contributed by atoms with Crippen LogP contribution < -0.4 is 0 Å². The van der Waals surface area contributed by atoms with E-state index in [0.717, 1.165) is 12.8 Å². The summed E-state index contributed by atoms with van der Waals surface area (Å²) in [5.41, 5.74) is -0.0105. The fourth-order valence-corrected chi connectivity index (χ4v) is 2.68. The molecule has 1 fully saturated rings. The number of carboxylic acids is 1. The third-order valence-corrected chi connectivity index (χ3v) is 4.05. The van der Waals surface area contributed by atoms with Gasteiger partial charge in [-0.3, -0.25) is 9.69 Å². The molecule has 2 rings (SSSR count). The maximum absolute atomic E-state index is 13.3. The monoisotopic (exact) mass is 276 g/mol. The van der Waals surface area contributed by atoms with Gasteiger partial charge in [-0.05, 0) is 56.5 Å². The van der Waals surface area contributed by atoms with Crippen LogP contribution in [-0.2, 0) is 11.3 Å². The highest BCUT2D eigenvalue weighted by Crippen LogP contribution is 2.30. The lowest BCUT2D eigenvalue weighted by molar-refractivity contribution is -0.153. The van der Waals surface area contributed by atoms with Crippen LogP contribution >= 0.6 is 0 Å². The summed E-state index contributed by atoms with van der Waals surface area (Å²) in [6.07, 6.45) is 2.35. The summed E-state index contributed by atoms with van der Waals surface area (Å²) < 4.78 is 13.3. The van der Waals surface area contributed by atoms with Crippen LogP contribution in [0.15, 0.2) is 18.2 Å². The Morgan fingerprint density at radius 2 is 2.30 bits per heavy atom. The van der Waals surface area contributed by atoms with Gasteiger partial charge < -0.3 is 5.11 Å². The number of carboxylic acid groups (broad SMARTS) is 1. The highest BCUT2D eigenvalue weighted by atomic mass is 19.1. The molecule has 0 aromatic heterocycles. The van der Waals surface area contributed by atoms with E-state index in [2.05, 4.69) is 0 Å². The van der Waals surface area contributed by atoms with Crippen molar-refractivity contribution in [3.8, 4) is 6.07 Å². The standard InChI is InChI=1S/C15H17FN2O2/c1-15(14(19)20)6-2-3-7-18(15)10-12-8-13(16)5-4-11(12)9-17/h4-5,8H,2-3,6-7,10H2,1H3,(H,19,20). The zero-order valence-electron chi connectivity index (χ0n) is 11.4. The Labute approximate surface area is 117 Å². The van der Waals surface area contributed by atoms with Gasteiger partial charge in [-0.2, -0.15) is 5.26 Å². The predicted molar refractivity (Wildman–Crippen MR) is 71.4 cm³/mol. The van der Waals surface area contributed by atoms with E-state index in [9.17, 15) is 14.3 Å². The molecule has 1 aromatic carbocycles. The zero-order valence-corrected chi connectivity index (χ0v) is 11.4. The molecule has 1 heterocycles. The maximum Gasteiger partial charge on any atom is 0.323 e. The largest absolute Gasteiger partial charge is 0.480 e. The average molecular weight is 276 g/mol. The lowest BCUT2D eigenvalue weighted by Crippen LogP contribution is -2.54. The first-order valence-corrected chi connectivity index (χ1v) is 6.64. The van der Waals surface area contributed by atoms with Crippen molar-refractivity contribution in [2.75, 3.05) is 6.54 Å². The summed E-state index contributed by atoms with van der Waals surface area (Å²) in [6.45, 7) is 2.62. The van der Waals surface area contributed by atoms with Crippen LogP contribution in [0, 0.1) is 17.1 Å². The van der Waals surface area contributed by atoms with Gasteiger partial charge in [0.1, 0.15) is 11.4 Å². The van der Waals surface area contributed by atoms with Gasteiger partial charge in [-0.15, -0.1) is 0 Å². The molecule has 1 aliphatic heterocycles. The van der Waals surface area contributed by atoms with Crippen molar-refractivity contribution >= 4 is 5.97 Å². The number of benzene rings is 1. The molecule has 0 radical (unpaired) electrons. The Morgan fingerprint density at radius 1 is 1.55 bits per heavy atom. The van der Waals surface area contributed by atoms with E-state index in [1.807, 2.05) is 11.0 Å². The fraction of sp³-hybridized carbons (Fsp3) is 0.467. The maximum atomic E-state index is 13.3. The molecule has 0 spiro atoms. The van der Waals surface area contributed by atoms with Crippen molar-refractivity contribution in [1.82, 2.24) is 4.90 Å². The molecule has 1 atom stereocenters. The number of hydrogen-bond donors (Lipinski definition) is 1. The van der Waals surface area contributed by atoms with Gasteiger partial charge in [-0.1, -0.05) is 0 Å². The van der Waals surface area contributed by atoms with Crippen molar-refractivity contribution < 1.29 is 14.3 Å². The Bertz CT molecular complexity index is 567. The number of halogens is 1. The molecule has 0 bridgehead atoms. The minimum absolute atomic E-state index is 0.281. The van der Waals surface area contributed by atoms with E-state index in [-0.39, 0.29) is 6.54 Å². The lowest BCUT2D eigenvalue weighted by Gasteiger charge is -2.41. The Hall–Kier alpha value is -1.93. The first-order chi connectivity index (χ1) is 9.47. The van der Waals surface area contributed by atoms with E-state index >= 15 is 0 Å². The van der Waals surface area contributed by atoms with Crippen LogP contribution in [0.5, 0.6) is 0 Å². The number of nitriles is 1. The summed E-state index contributed by atoms with van der Waals surface area (Å²) in [7, 11) is 0. The summed E-state index contributed by atoms with van der Waals surface area (Å²) in [4.78, 5) is 13.3. The molecule has 5 heteroatoms. The Balaban J connectivity index is 2.30. The normalized spacial score (nSPS) is 23.2. The first kappa shape index (κ1) is 14.5. The minimum atomic E-state index is -0.947. The van der Waals surface area contributed by atoms with Crippen LogP contribution in [0.25, 0.3) is 0 Å². The number of nitrogens with zero attached hydrogens (tertiary/aromatic N) is 2. The Kier molecular flexibility index (Phi) is 4.05. The second kappa shape index (κ2) is 5.59. The van der Waals surface area contributed by atoms with E-state index in [1.54, 1.807) is 6.92 Å². The van der Waals surface area contributed by atoms with Crippen LogP contribution in [0.2, 0.25) is 0 Å². The predicted octanol–water partition coefficient (Wildman–Crippen LogP) is 2.53. The number of aliphatic carboxylic acids is 1. The molecule has 106 valence electrons. The number of piperidine rings is 1. The minimum Gasteiger partial charge on any atom is -0.480 e. The van der Waals surface area contributed by atoms with Gasteiger partial charge in [0.2, 0.25) is 0 Å². The molecular weight excluding hydrogens is 259 g/mol. The molecular formula is C15H17FN2O2. The van der Waals surface area contributed by atoms with E-state index < -0.39 is 17.3 Å². The van der Waals surface area contributed by atoms with Crippen LogP contribution in [0.3, 0.4) is 0 Å². The smallest absolute Gasteiger partial charge is 0.323 e. The van der Waals surface area contributed by atoms with Gasteiger partial charge in [0, 0.05) is 6.54 Å². The molecule has 0 amide bonds. The quantitative estimate of drug-likeness (QED) is 0.921. The second-order valence-corrected chi connectivity index (χ2v) is 5.37. The summed E-state index contributed by atoms with van der Waals surface area (Å²) in [6, 6.07) is 6.03. The third-order valence-electron chi connectivity index (χ3n) is 4.05. The SMILES string of the molecule is CC1(C(=O)O)CCCCN1Cc1cc(F)ccc1C#N. The molecule has 20 heavy (non-hydrogen) atoms. The zero-order chi connectivity index (χ0) is 14.8. The molecule has 1 aliphatic rings. The summed E-state index contributed by atoms with van der Waals surface area (Å²) >= 11 is 0. The van der Waals surface area contributed by atoms with Crippen LogP contribution in [0.1, 0.15) is 37.3 Å². The van der Waals surface area contributed by atoms with Gasteiger partial charge in [0.15, 0.2) is 0 Å². The molecule has 4 nitrogen and oxygen atoms in total. The van der Waals surface area contributed by atoms with E-state index in [1.165, 1.54) is 18.2 Å². The first-order valence-electron chi connectivity index (χ1n) is 6.64. The second-order valence-electron chi connectivity index (χ2n) is 5.37. The molecule has 1 unspecified atom stereocenters. The van der Waals surface area contributed by atoms with Crippen molar-refractivity contribution in [3.05, 3.63) is 35.1 Å². The van der Waals surface area contributed by atoms with Crippen molar-refractivity contribution in [2.24, 2.45) is 0 Å². The van der Waals surface area contributed by atoms with Crippen molar-refractivity contribution in [3.63, 3.8) is 0 Å². The number of hydrogen-bond acceptors (Lipinski definition) is 3. The van der Waals surface area contributed by atoms with Crippen LogP contribution in [0.4, 0.5) is 4.39 Å². The van der Waals surface area contributed by atoms with Gasteiger partial charge in [0.25, 0.3) is 0 Å². The van der Waals surface area contributed by atoms with Crippen LogP contribution in [-0.4, -0.2) is 28.1 Å². The topological polar surface area (TPSA) is 64.3 Å². The van der Waals surface area contributed by atoms with E-state index in [0.29, 0.717) is 24.1 Å². The third kappa shape index (κ3) is 2.66. The van der Waals surface area contributed by atoms with Crippen molar-refractivity contribution in [2.45, 2.75) is 38.3 Å². The molecule has 1 saturated heterocycles. The highest BCUT2D eigenvalue weighted by Gasteiger charge is 2.41. The van der Waals surface area contributed by atoms with Gasteiger partial charge in [-0.25, -0.2) is 4.39 Å². The fourth-order valence-electron chi connectivity index (χ4n) is 2.68. The summed E-state index contributed by atoms with van der Waals surface area (Å²) in [5.74, 6) is -1.28. The number of rotatable bonds is 3. The van der Waals surface area contributed by atoms with E-state index in [4.69, 9.17) is 5.26 Å². The Morgan fingerprint density at radius 3 is 2.95 bits per heavy atom. The highest BCUT2D eigenvalue weighted by molar-refractivity contribution is 5.78. The summed E-state index contributed by atoms with van der Waals surface area (Å²) in [5, 5.41) is 18.5. The average Bonchev–Trinajstić information content (AvgIpc) is 2.41.